The Bertz CT molecular complexity index is 1310. The van der Waals surface area contributed by atoms with Crippen molar-refractivity contribution in [3.05, 3.63) is 66.3 Å². The van der Waals surface area contributed by atoms with Crippen LogP contribution >= 0.6 is 11.5 Å². The van der Waals surface area contributed by atoms with Gasteiger partial charge in [-0.15, -0.1) is 13.2 Å². The summed E-state index contributed by atoms with van der Waals surface area (Å²) in [6, 6.07) is 3.63. The Morgan fingerprint density at radius 3 is 2.79 bits per heavy atom. The molecule has 2 aromatic rings. The molecule has 1 saturated heterocycles. The maximum absolute atomic E-state index is 13.7. The lowest BCUT2D eigenvalue weighted by Gasteiger charge is -2.45. The lowest BCUT2D eigenvalue weighted by Crippen LogP contribution is -2.49. The number of nitrogens with zero attached hydrogens (tertiary/aromatic N) is 3. The van der Waals surface area contributed by atoms with Crippen molar-refractivity contribution >= 4 is 26.7 Å². The van der Waals surface area contributed by atoms with Gasteiger partial charge in [0, 0.05) is 48.2 Å². The summed E-state index contributed by atoms with van der Waals surface area (Å²) < 4.78 is 94.5. The third-order valence-electron chi connectivity index (χ3n) is 6.34. The molecule has 0 saturated carbocycles. The first-order valence-electron chi connectivity index (χ1n) is 11.7. The van der Waals surface area contributed by atoms with Gasteiger partial charge in [-0.1, -0.05) is 24.8 Å². The molecule has 206 valence electrons. The van der Waals surface area contributed by atoms with E-state index in [1.54, 1.807) is 6.07 Å². The highest BCUT2D eigenvalue weighted by molar-refractivity contribution is 7.93. The van der Waals surface area contributed by atoms with Gasteiger partial charge in [-0.25, -0.2) is 17.8 Å². The van der Waals surface area contributed by atoms with Crippen molar-refractivity contribution < 1.29 is 35.5 Å². The second-order valence-electron chi connectivity index (χ2n) is 8.75. The molecule has 0 spiro atoms. The Kier molecular flexibility index (Phi) is 8.55. The molecule has 1 fully saturated rings. The predicted molar refractivity (Wildman–Crippen MR) is 134 cm³/mol. The minimum absolute atomic E-state index is 0.00502. The molecule has 38 heavy (non-hydrogen) atoms. The average Bonchev–Trinajstić information content (AvgIpc) is 3.37. The highest BCUT2D eigenvalue weighted by Gasteiger charge is 2.41. The molecule has 0 radical (unpaired) electrons. The van der Waals surface area contributed by atoms with E-state index in [0.29, 0.717) is 23.3 Å². The lowest BCUT2D eigenvalue weighted by atomic mass is 9.88. The van der Waals surface area contributed by atoms with E-state index in [0.717, 1.165) is 11.5 Å². The SMILES string of the molecule is C=C(/C=C\C(F)=C/C)[C@H]1C[C@@H](OC(F)(F)F)CCN1[C@@H]1CCOc2cc(S(=O)(=O)Nc3ncns3)ccc21. The lowest BCUT2D eigenvalue weighted by molar-refractivity contribution is -0.347. The topological polar surface area (TPSA) is 93.7 Å². The van der Waals surface area contributed by atoms with Crippen molar-refractivity contribution in [1.29, 1.82) is 0 Å². The van der Waals surface area contributed by atoms with E-state index < -0.39 is 34.4 Å². The zero-order chi connectivity index (χ0) is 27.5. The Balaban J connectivity index is 1.61. The van der Waals surface area contributed by atoms with Crippen LogP contribution in [0.3, 0.4) is 0 Å². The Morgan fingerprint density at radius 1 is 1.32 bits per heavy atom. The zero-order valence-corrected chi connectivity index (χ0v) is 22.0. The van der Waals surface area contributed by atoms with Gasteiger partial charge in [0.2, 0.25) is 5.13 Å². The van der Waals surface area contributed by atoms with Crippen molar-refractivity contribution in [2.75, 3.05) is 17.9 Å². The summed E-state index contributed by atoms with van der Waals surface area (Å²) >= 11 is 0.895. The second kappa shape index (κ2) is 11.5. The maximum atomic E-state index is 13.7. The number of hydrogen-bond donors (Lipinski definition) is 1. The Hall–Kier alpha value is -2.81. The number of fused-ring (bicyclic) bond motifs is 1. The van der Waals surface area contributed by atoms with Crippen molar-refractivity contribution in [2.24, 2.45) is 0 Å². The quantitative estimate of drug-likeness (QED) is 0.328. The van der Waals surface area contributed by atoms with Gasteiger partial charge in [-0.05, 0) is 37.5 Å². The molecule has 2 aliphatic heterocycles. The van der Waals surface area contributed by atoms with Crippen LogP contribution in [-0.2, 0) is 14.8 Å². The van der Waals surface area contributed by atoms with Crippen LogP contribution in [0, 0.1) is 0 Å². The molecule has 2 aliphatic rings. The fraction of sp³-hybridized carbons (Fsp3) is 0.417. The molecule has 0 aliphatic carbocycles. The Labute approximate surface area is 221 Å². The smallest absolute Gasteiger partial charge is 0.493 e. The van der Waals surface area contributed by atoms with E-state index >= 15 is 0 Å². The molecule has 0 unspecified atom stereocenters. The first-order valence-corrected chi connectivity index (χ1v) is 14.0. The van der Waals surface area contributed by atoms with Crippen LogP contribution in [0.4, 0.5) is 22.7 Å². The Morgan fingerprint density at radius 2 is 2.11 bits per heavy atom. The number of likely N-dealkylation sites (tertiary alicyclic amines) is 1. The first kappa shape index (κ1) is 28.2. The highest BCUT2D eigenvalue weighted by atomic mass is 32.2. The number of piperidine rings is 1. The summed E-state index contributed by atoms with van der Waals surface area (Å²) in [5, 5.41) is 0.120. The molecule has 1 N–H and O–H groups in total. The summed E-state index contributed by atoms with van der Waals surface area (Å²) in [5.74, 6) is -0.140. The van der Waals surface area contributed by atoms with Crippen LogP contribution in [0.15, 0.2) is 65.6 Å². The summed E-state index contributed by atoms with van der Waals surface area (Å²) in [6.07, 6.45) is -0.0351. The van der Waals surface area contributed by atoms with Gasteiger partial charge in [0.25, 0.3) is 10.0 Å². The number of rotatable bonds is 8. The zero-order valence-electron chi connectivity index (χ0n) is 20.3. The van der Waals surface area contributed by atoms with E-state index in [4.69, 9.17) is 4.74 Å². The standard InChI is InChI=1S/C24H26F4N4O4S2/c1-3-16(25)5-4-15(2)21-12-17(36-24(26,27)28)8-10-32(21)20-9-11-35-22-13-18(6-7-19(20)22)38(33,34)31-23-29-14-30-37-23/h3-7,13-14,17,20-21H,2,8-12H2,1H3,(H,29,30,31)/b5-4-,16-3+/t17-,20+,21+/m0/s1. The normalized spacial score (nSPS) is 23.2. The second-order valence-corrected chi connectivity index (χ2v) is 11.2. The highest BCUT2D eigenvalue weighted by Crippen LogP contribution is 2.42. The number of alkyl halides is 3. The van der Waals surface area contributed by atoms with Crippen LogP contribution in [0.25, 0.3) is 0 Å². The van der Waals surface area contributed by atoms with Gasteiger partial charge in [0.1, 0.15) is 17.9 Å². The number of benzene rings is 1. The van der Waals surface area contributed by atoms with Crippen molar-refractivity contribution in [3.8, 4) is 5.75 Å². The first-order chi connectivity index (χ1) is 18.0. The number of sulfonamides is 1. The van der Waals surface area contributed by atoms with Crippen LogP contribution in [0.1, 0.15) is 37.8 Å². The molecule has 0 bridgehead atoms. The van der Waals surface area contributed by atoms with Crippen LogP contribution in [-0.4, -0.2) is 54.3 Å². The molecular weight excluding hydrogens is 548 g/mol. The third kappa shape index (κ3) is 6.79. The predicted octanol–water partition coefficient (Wildman–Crippen LogP) is 5.52. The fourth-order valence-corrected chi connectivity index (χ4v) is 6.31. The number of nitrogens with one attached hydrogen (secondary N) is 1. The fourth-order valence-electron chi connectivity index (χ4n) is 4.63. The van der Waals surface area contributed by atoms with E-state index in [1.165, 1.54) is 43.6 Å². The number of halogens is 4. The minimum atomic E-state index is -4.78. The molecule has 3 heterocycles. The number of allylic oxidation sites excluding steroid dienone is 3. The monoisotopic (exact) mass is 574 g/mol. The summed E-state index contributed by atoms with van der Waals surface area (Å²) in [5.41, 5.74) is 1.13. The number of ether oxygens (including phenoxy) is 2. The summed E-state index contributed by atoms with van der Waals surface area (Å²) in [4.78, 5) is 5.80. The van der Waals surface area contributed by atoms with Crippen LogP contribution in [0.2, 0.25) is 0 Å². The van der Waals surface area contributed by atoms with Gasteiger partial charge in [0.15, 0.2) is 0 Å². The molecule has 1 aromatic carbocycles. The van der Waals surface area contributed by atoms with Gasteiger partial charge < -0.3 is 4.74 Å². The van der Waals surface area contributed by atoms with E-state index in [9.17, 15) is 26.0 Å². The molecular formula is C24H26F4N4O4S2. The minimum Gasteiger partial charge on any atom is -0.493 e. The largest absolute Gasteiger partial charge is 0.522 e. The van der Waals surface area contributed by atoms with Crippen LogP contribution in [0.5, 0.6) is 5.75 Å². The van der Waals surface area contributed by atoms with E-state index in [2.05, 4.69) is 25.4 Å². The molecule has 8 nitrogen and oxygen atoms in total. The van der Waals surface area contributed by atoms with Crippen molar-refractivity contribution in [2.45, 2.75) is 55.6 Å². The number of anilines is 1. The van der Waals surface area contributed by atoms with Gasteiger partial charge in [-0.2, -0.15) is 4.37 Å². The maximum Gasteiger partial charge on any atom is 0.522 e. The van der Waals surface area contributed by atoms with Gasteiger partial charge in [0.05, 0.1) is 17.6 Å². The third-order valence-corrected chi connectivity index (χ3v) is 8.39. The summed E-state index contributed by atoms with van der Waals surface area (Å²) in [7, 11) is -3.95. The molecule has 4 rings (SSSR count). The van der Waals surface area contributed by atoms with E-state index in [1.807, 2.05) is 4.90 Å². The van der Waals surface area contributed by atoms with Crippen molar-refractivity contribution in [3.63, 3.8) is 0 Å². The van der Waals surface area contributed by atoms with Crippen molar-refractivity contribution in [1.82, 2.24) is 14.3 Å². The molecule has 3 atom stereocenters. The molecule has 1 aromatic heterocycles. The number of aromatic nitrogens is 2. The average molecular weight is 575 g/mol. The summed E-state index contributed by atoms with van der Waals surface area (Å²) in [6.45, 7) is 6.06. The molecule has 0 amide bonds. The number of hydrogen-bond acceptors (Lipinski definition) is 8. The molecule has 14 heteroatoms. The van der Waals surface area contributed by atoms with Gasteiger partial charge >= 0.3 is 6.36 Å². The van der Waals surface area contributed by atoms with Crippen LogP contribution < -0.4 is 9.46 Å². The van der Waals surface area contributed by atoms with Gasteiger partial charge in [-0.3, -0.25) is 14.4 Å². The van der Waals surface area contributed by atoms with E-state index in [-0.39, 0.29) is 42.1 Å².